The number of rotatable bonds is 6. The molecule has 0 aliphatic rings. The average Bonchev–Trinajstić information content (AvgIpc) is 2.25. The third kappa shape index (κ3) is 4.80. The predicted octanol–water partition coefficient (Wildman–Crippen LogP) is 3.97. The van der Waals surface area contributed by atoms with Crippen molar-refractivity contribution >= 4 is 15.9 Å². The van der Waals surface area contributed by atoms with E-state index in [4.69, 9.17) is 0 Å². The van der Waals surface area contributed by atoms with Crippen molar-refractivity contribution in [3.8, 4) is 0 Å². The van der Waals surface area contributed by atoms with Gasteiger partial charge in [0.1, 0.15) is 0 Å². The Kier molecular flexibility index (Phi) is 5.96. The second-order valence-corrected chi connectivity index (χ2v) is 4.86. The molecule has 1 rings (SSSR count). The zero-order chi connectivity index (χ0) is 11.1. The van der Waals surface area contributed by atoms with Crippen LogP contribution in [0.3, 0.4) is 0 Å². The topological polar surface area (TPSA) is 12.0 Å². The fourth-order valence-corrected chi connectivity index (χ4v) is 2.09. The lowest BCUT2D eigenvalue weighted by molar-refractivity contribution is 0.449. The predicted molar refractivity (Wildman–Crippen MR) is 69.9 cm³/mol. The van der Waals surface area contributed by atoms with E-state index in [0.29, 0.717) is 0 Å². The van der Waals surface area contributed by atoms with E-state index < -0.39 is 0 Å². The Morgan fingerprint density at radius 2 is 2.00 bits per heavy atom. The molecule has 0 atom stereocenters. The maximum atomic E-state index is 3.51. The van der Waals surface area contributed by atoms with Crippen LogP contribution in [0.1, 0.15) is 32.3 Å². The van der Waals surface area contributed by atoms with Crippen LogP contribution in [0.4, 0.5) is 0 Å². The largest absolute Gasteiger partial charge is 0.312 e. The van der Waals surface area contributed by atoms with E-state index in [1.807, 2.05) is 0 Å². The highest BCUT2D eigenvalue weighted by molar-refractivity contribution is 9.10. The summed E-state index contributed by atoms with van der Waals surface area (Å²) in [4.78, 5) is 0. The first-order valence-corrected chi connectivity index (χ1v) is 6.50. The Morgan fingerprint density at radius 3 is 2.60 bits per heavy atom. The molecule has 1 nitrogen and oxygen atoms in total. The van der Waals surface area contributed by atoms with Crippen molar-refractivity contribution in [3.05, 3.63) is 34.3 Å². The second-order valence-electron chi connectivity index (χ2n) is 3.94. The molecule has 15 heavy (non-hydrogen) atoms. The standard InChI is InChI=1S/C13H20BrN/c1-3-11(4-2)9-15-10-12-6-5-7-13(14)8-12/h5-8,11,15H,3-4,9-10H2,1-2H3. The number of nitrogens with one attached hydrogen (secondary N) is 1. The summed E-state index contributed by atoms with van der Waals surface area (Å²) in [5, 5.41) is 3.51. The highest BCUT2D eigenvalue weighted by Gasteiger charge is 2.02. The molecule has 0 bridgehead atoms. The summed E-state index contributed by atoms with van der Waals surface area (Å²) in [5.74, 6) is 0.817. The molecule has 0 aromatic heterocycles. The summed E-state index contributed by atoms with van der Waals surface area (Å²) in [7, 11) is 0. The number of hydrogen-bond acceptors (Lipinski definition) is 1. The van der Waals surface area contributed by atoms with Gasteiger partial charge in [0.05, 0.1) is 0 Å². The SMILES string of the molecule is CCC(CC)CNCc1cccc(Br)c1. The van der Waals surface area contributed by atoms with Crippen LogP contribution in [0.15, 0.2) is 28.7 Å². The van der Waals surface area contributed by atoms with E-state index in [-0.39, 0.29) is 0 Å². The molecule has 0 fully saturated rings. The van der Waals surface area contributed by atoms with E-state index in [1.54, 1.807) is 0 Å². The van der Waals surface area contributed by atoms with Gasteiger partial charge in [-0.15, -0.1) is 0 Å². The summed E-state index contributed by atoms with van der Waals surface area (Å²) < 4.78 is 1.16. The van der Waals surface area contributed by atoms with Crippen LogP contribution >= 0.6 is 15.9 Å². The summed E-state index contributed by atoms with van der Waals surface area (Å²) in [6, 6.07) is 8.47. The zero-order valence-electron chi connectivity index (χ0n) is 9.59. The third-order valence-electron chi connectivity index (χ3n) is 2.81. The maximum Gasteiger partial charge on any atom is 0.0206 e. The zero-order valence-corrected chi connectivity index (χ0v) is 11.2. The highest BCUT2D eigenvalue weighted by atomic mass is 79.9. The molecule has 2 heteroatoms. The van der Waals surface area contributed by atoms with E-state index in [0.717, 1.165) is 23.5 Å². The van der Waals surface area contributed by atoms with Crippen molar-refractivity contribution in [2.24, 2.45) is 5.92 Å². The molecule has 0 aliphatic heterocycles. The Hall–Kier alpha value is -0.340. The van der Waals surface area contributed by atoms with Crippen molar-refractivity contribution in [2.45, 2.75) is 33.2 Å². The van der Waals surface area contributed by atoms with Crippen LogP contribution < -0.4 is 5.32 Å². The third-order valence-corrected chi connectivity index (χ3v) is 3.30. The first-order valence-electron chi connectivity index (χ1n) is 5.71. The van der Waals surface area contributed by atoms with Gasteiger partial charge in [0.25, 0.3) is 0 Å². The molecular weight excluding hydrogens is 250 g/mol. The van der Waals surface area contributed by atoms with Crippen LogP contribution in [-0.4, -0.2) is 6.54 Å². The minimum atomic E-state index is 0.817. The average molecular weight is 270 g/mol. The van der Waals surface area contributed by atoms with Gasteiger partial charge in [0.15, 0.2) is 0 Å². The van der Waals surface area contributed by atoms with Gasteiger partial charge >= 0.3 is 0 Å². The summed E-state index contributed by atoms with van der Waals surface area (Å²) in [5.41, 5.74) is 1.34. The van der Waals surface area contributed by atoms with Crippen molar-refractivity contribution in [2.75, 3.05) is 6.54 Å². The molecule has 0 radical (unpaired) electrons. The molecule has 0 saturated carbocycles. The van der Waals surface area contributed by atoms with Gasteiger partial charge in [0, 0.05) is 11.0 Å². The van der Waals surface area contributed by atoms with Gasteiger partial charge in [-0.3, -0.25) is 0 Å². The molecule has 0 saturated heterocycles. The van der Waals surface area contributed by atoms with E-state index >= 15 is 0 Å². The van der Waals surface area contributed by atoms with Crippen LogP contribution in [0.2, 0.25) is 0 Å². The Morgan fingerprint density at radius 1 is 1.27 bits per heavy atom. The Labute approximate surface area is 101 Å². The molecule has 0 spiro atoms. The summed E-state index contributed by atoms with van der Waals surface area (Å²) >= 11 is 3.48. The smallest absolute Gasteiger partial charge is 0.0206 e. The number of halogens is 1. The van der Waals surface area contributed by atoms with Crippen LogP contribution in [0.5, 0.6) is 0 Å². The normalized spacial score (nSPS) is 10.9. The van der Waals surface area contributed by atoms with Crippen molar-refractivity contribution < 1.29 is 0 Å². The quantitative estimate of drug-likeness (QED) is 0.824. The highest BCUT2D eigenvalue weighted by Crippen LogP contribution is 2.11. The van der Waals surface area contributed by atoms with Crippen LogP contribution in [0.25, 0.3) is 0 Å². The van der Waals surface area contributed by atoms with Crippen molar-refractivity contribution in [3.63, 3.8) is 0 Å². The molecule has 0 heterocycles. The molecule has 1 N–H and O–H groups in total. The molecule has 0 amide bonds. The first kappa shape index (κ1) is 12.7. The fourth-order valence-electron chi connectivity index (χ4n) is 1.64. The lowest BCUT2D eigenvalue weighted by atomic mass is 10.0. The Balaban J connectivity index is 2.31. The molecule has 1 aromatic carbocycles. The molecule has 0 unspecified atom stereocenters. The second kappa shape index (κ2) is 7.02. The lowest BCUT2D eigenvalue weighted by Crippen LogP contribution is -2.21. The fraction of sp³-hybridized carbons (Fsp3) is 0.538. The van der Waals surface area contributed by atoms with Gasteiger partial charge in [-0.2, -0.15) is 0 Å². The minimum absolute atomic E-state index is 0.817. The summed E-state index contributed by atoms with van der Waals surface area (Å²) in [6.45, 7) is 6.61. The summed E-state index contributed by atoms with van der Waals surface area (Å²) in [6.07, 6.45) is 2.53. The van der Waals surface area contributed by atoms with Gasteiger partial charge in [-0.05, 0) is 30.2 Å². The van der Waals surface area contributed by atoms with Gasteiger partial charge in [-0.25, -0.2) is 0 Å². The van der Waals surface area contributed by atoms with E-state index in [1.165, 1.54) is 18.4 Å². The number of benzene rings is 1. The molecule has 84 valence electrons. The van der Waals surface area contributed by atoms with E-state index in [2.05, 4.69) is 59.4 Å². The van der Waals surface area contributed by atoms with E-state index in [9.17, 15) is 0 Å². The Bertz CT molecular complexity index is 282. The van der Waals surface area contributed by atoms with Gasteiger partial charge in [0.2, 0.25) is 0 Å². The van der Waals surface area contributed by atoms with Crippen LogP contribution in [0, 0.1) is 5.92 Å². The van der Waals surface area contributed by atoms with Crippen molar-refractivity contribution in [1.29, 1.82) is 0 Å². The van der Waals surface area contributed by atoms with Gasteiger partial charge < -0.3 is 5.32 Å². The van der Waals surface area contributed by atoms with Gasteiger partial charge in [-0.1, -0.05) is 54.8 Å². The minimum Gasteiger partial charge on any atom is -0.312 e. The molecule has 0 aliphatic carbocycles. The molecule has 1 aromatic rings. The monoisotopic (exact) mass is 269 g/mol. The maximum absolute atomic E-state index is 3.51. The van der Waals surface area contributed by atoms with Crippen molar-refractivity contribution in [1.82, 2.24) is 5.32 Å². The molecular formula is C13H20BrN. The lowest BCUT2D eigenvalue weighted by Gasteiger charge is -2.13. The van der Waals surface area contributed by atoms with Crippen LogP contribution in [-0.2, 0) is 6.54 Å². The number of hydrogen-bond donors (Lipinski definition) is 1. The first-order chi connectivity index (χ1) is 7.26.